The zero-order valence-electron chi connectivity index (χ0n) is 11.0. The SMILES string of the molecule is COc1ccc(Cl)cc1C(=O)NCC1CCCCN1. The molecular weight excluding hydrogens is 264 g/mol. The van der Waals surface area contributed by atoms with Crippen molar-refractivity contribution in [3.8, 4) is 5.75 Å². The molecule has 0 radical (unpaired) electrons. The first-order chi connectivity index (χ1) is 9.20. The lowest BCUT2D eigenvalue weighted by Crippen LogP contribution is -2.43. The molecule has 1 aromatic rings. The van der Waals surface area contributed by atoms with Crippen LogP contribution in [0.15, 0.2) is 18.2 Å². The number of hydrogen-bond donors (Lipinski definition) is 2. The molecule has 1 saturated heterocycles. The van der Waals surface area contributed by atoms with E-state index in [2.05, 4.69) is 10.6 Å². The second kappa shape index (κ2) is 6.78. The summed E-state index contributed by atoms with van der Waals surface area (Å²) in [4.78, 5) is 12.1. The highest BCUT2D eigenvalue weighted by atomic mass is 35.5. The second-order valence-electron chi connectivity index (χ2n) is 4.70. The van der Waals surface area contributed by atoms with Crippen LogP contribution in [0.5, 0.6) is 5.75 Å². The van der Waals surface area contributed by atoms with Crippen LogP contribution in [-0.4, -0.2) is 32.1 Å². The van der Waals surface area contributed by atoms with Gasteiger partial charge in [0.25, 0.3) is 5.91 Å². The summed E-state index contributed by atoms with van der Waals surface area (Å²) in [5, 5.41) is 6.85. The molecule has 1 aromatic carbocycles. The third-order valence-electron chi connectivity index (χ3n) is 3.33. The number of rotatable bonds is 4. The van der Waals surface area contributed by atoms with Gasteiger partial charge in [-0.25, -0.2) is 0 Å². The fraction of sp³-hybridized carbons (Fsp3) is 0.500. The summed E-state index contributed by atoms with van der Waals surface area (Å²) in [5.41, 5.74) is 0.478. The van der Waals surface area contributed by atoms with Crippen LogP contribution in [0.1, 0.15) is 29.6 Å². The van der Waals surface area contributed by atoms with Crippen molar-refractivity contribution in [2.45, 2.75) is 25.3 Å². The molecule has 1 atom stereocenters. The van der Waals surface area contributed by atoms with E-state index in [1.165, 1.54) is 12.8 Å². The van der Waals surface area contributed by atoms with E-state index >= 15 is 0 Å². The molecule has 1 aliphatic rings. The monoisotopic (exact) mass is 282 g/mol. The van der Waals surface area contributed by atoms with Gasteiger partial charge >= 0.3 is 0 Å². The molecule has 1 amide bonds. The van der Waals surface area contributed by atoms with E-state index in [0.29, 0.717) is 28.9 Å². The molecule has 0 aromatic heterocycles. The lowest BCUT2D eigenvalue weighted by Gasteiger charge is -2.23. The fourth-order valence-corrected chi connectivity index (χ4v) is 2.44. The number of carbonyl (C=O) groups excluding carboxylic acids is 1. The molecule has 0 spiro atoms. The maximum Gasteiger partial charge on any atom is 0.255 e. The molecule has 2 rings (SSSR count). The molecule has 5 heteroatoms. The number of amides is 1. The predicted octanol–water partition coefficient (Wildman–Crippen LogP) is 2.22. The second-order valence-corrected chi connectivity index (χ2v) is 5.14. The quantitative estimate of drug-likeness (QED) is 0.890. The number of nitrogens with one attached hydrogen (secondary N) is 2. The van der Waals surface area contributed by atoms with Gasteiger partial charge in [0, 0.05) is 17.6 Å². The van der Waals surface area contributed by atoms with Gasteiger partial charge in [-0.2, -0.15) is 0 Å². The zero-order chi connectivity index (χ0) is 13.7. The van der Waals surface area contributed by atoms with Crippen molar-refractivity contribution >= 4 is 17.5 Å². The van der Waals surface area contributed by atoms with Crippen LogP contribution in [0.2, 0.25) is 5.02 Å². The lowest BCUT2D eigenvalue weighted by molar-refractivity contribution is 0.0944. The number of hydrogen-bond acceptors (Lipinski definition) is 3. The lowest BCUT2D eigenvalue weighted by atomic mass is 10.0. The average Bonchev–Trinajstić information content (AvgIpc) is 2.46. The van der Waals surface area contributed by atoms with Gasteiger partial charge < -0.3 is 15.4 Å². The Morgan fingerprint density at radius 1 is 1.53 bits per heavy atom. The van der Waals surface area contributed by atoms with Crippen LogP contribution in [0.4, 0.5) is 0 Å². The highest BCUT2D eigenvalue weighted by molar-refractivity contribution is 6.31. The standard InChI is InChI=1S/C14H19ClN2O2/c1-19-13-6-5-10(15)8-12(13)14(18)17-9-11-4-2-3-7-16-11/h5-6,8,11,16H,2-4,7,9H2,1H3,(H,17,18). The molecule has 2 N–H and O–H groups in total. The first-order valence-corrected chi connectivity index (χ1v) is 6.93. The minimum atomic E-state index is -0.147. The Morgan fingerprint density at radius 3 is 3.05 bits per heavy atom. The van der Waals surface area contributed by atoms with Gasteiger partial charge in [0.05, 0.1) is 12.7 Å². The Kier molecular flexibility index (Phi) is 5.05. The molecule has 4 nitrogen and oxygen atoms in total. The normalized spacial score (nSPS) is 18.9. The van der Waals surface area contributed by atoms with E-state index in [-0.39, 0.29) is 5.91 Å². The van der Waals surface area contributed by atoms with Gasteiger partial charge in [-0.1, -0.05) is 18.0 Å². The van der Waals surface area contributed by atoms with Crippen molar-refractivity contribution in [2.75, 3.05) is 20.2 Å². The van der Waals surface area contributed by atoms with Crippen LogP contribution in [0, 0.1) is 0 Å². The Bertz CT molecular complexity index is 445. The summed E-state index contributed by atoms with van der Waals surface area (Å²) >= 11 is 5.92. The Balaban J connectivity index is 1.97. The molecule has 0 bridgehead atoms. The van der Waals surface area contributed by atoms with Crippen molar-refractivity contribution in [1.82, 2.24) is 10.6 Å². The van der Waals surface area contributed by atoms with E-state index in [9.17, 15) is 4.79 Å². The third kappa shape index (κ3) is 3.85. The molecule has 1 unspecified atom stereocenters. The number of benzene rings is 1. The molecular formula is C14H19ClN2O2. The number of ether oxygens (including phenoxy) is 1. The van der Waals surface area contributed by atoms with Crippen molar-refractivity contribution in [3.63, 3.8) is 0 Å². The summed E-state index contributed by atoms with van der Waals surface area (Å²) < 4.78 is 5.18. The molecule has 104 valence electrons. The Hall–Kier alpha value is -1.26. The number of methoxy groups -OCH3 is 1. The van der Waals surface area contributed by atoms with Crippen LogP contribution < -0.4 is 15.4 Å². The molecule has 0 saturated carbocycles. The van der Waals surface area contributed by atoms with Crippen LogP contribution >= 0.6 is 11.6 Å². The van der Waals surface area contributed by atoms with Gasteiger partial charge in [-0.05, 0) is 37.6 Å². The van der Waals surface area contributed by atoms with E-state index in [0.717, 1.165) is 13.0 Å². The maximum atomic E-state index is 12.1. The zero-order valence-corrected chi connectivity index (χ0v) is 11.8. The highest BCUT2D eigenvalue weighted by Gasteiger charge is 2.16. The largest absolute Gasteiger partial charge is 0.496 e. The van der Waals surface area contributed by atoms with E-state index in [1.807, 2.05) is 0 Å². The van der Waals surface area contributed by atoms with Gasteiger partial charge in [-0.3, -0.25) is 4.79 Å². The van der Waals surface area contributed by atoms with E-state index in [4.69, 9.17) is 16.3 Å². The summed E-state index contributed by atoms with van der Waals surface area (Å²) in [6, 6.07) is 5.41. The highest BCUT2D eigenvalue weighted by Crippen LogP contribution is 2.22. The first-order valence-electron chi connectivity index (χ1n) is 6.56. The minimum absolute atomic E-state index is 0.147. The molecule has 1 aliphatic heterocycles. The maximum absolute atomic E-state index is 12.1. The van der Waals surface area contributed by atoms with Gasteiger partial charge in [0.15, 0.2) is 0 Å². The average molecular weight is 283 g/mol. The van der Waals surface area contributed by atoms with Gasteiger partial charge in [-0.15, -0.1) is 0 Å². The summed E-state index contributed by atoms with van der Waals surface area (Å²) in [6.45, 7) is 1.66. The fourth-order valence-electron chi connectivity index (χ4n) is 2.27. The van der Waals surface area contributed by atoms with Gasteiger partial charge in [0.1, 0.15) is 5.75 Å². The van der Waals surface area contributed by atoms with Crippen LogP contribution in [-0.2, 0) is 0 Å². The van der Waals surface area contributed by atoms with Crippen molar-refractivity contribution in [1.29, 1.82) is 0 Å². The third-order valence-corrected chi connectivity index (χ3v) is 3.56. The first kappa shape index (κ1) is 14.2. The summed E-state index contributed by atoms with van der Waals surface area (Å²) in [6.07, 6.45) is 3.54. The van der Waals surface area contributed by atoms with Crippen molar-refractivity contribution < 1.29 is 9.53 Å². The Labute approximate surface area is 118 Å². The number of halogens is 1. The van der Waals surface area contributed by atoms with Crippen molar-refractivity contribution in [3.05, 3.63) is 28.8 Å². The molecule has 1 fully saturated rings. The van der Waals surface area contributed by atoms with Crippen LogP contribution in [0.25, 0.3) is 0 Å². The summed E-state index contributed by atoms with van der Waals surface area (Å²) in [7, 11) is 1.54. The molecule has 0 aliphatic carbocycles. The van der Waals surface area contributed by atoms with Gasteiger partial charge in [0.2, 0.25) is 0 Å². The smallest absolute Gasteiger partial charge is 0.255 e. The number of piperidine rings is 1. The minimum Gasteiger partial charge on any atom is -0.496 e. The van der Waals surface area contributed by atoms with Crippen LogP contribution in [0.3, 0.4) is 0 Å². The molecule has 1 heterocycles. The summed E-state index contributed by atoms with van der Waals surface area (Å²) in [5.74, 6) is 0.394. The topological polar surface area (TPSA) is 50.4 Å². The van der Waals surface area contributed by atoms with E-state index < -0.39 is 0 Å². The molecule has 19 heavy (non-hydrogen) atoms. The van der Waals surface area contributed by atoms with E-state index in [1.54, 1.807) is 25.3 Å². The number of carbonyl (C=O) groups is 1. The Morgan fingerprint density at radius 2 is 2.37 bits per heavy atom. The predicted molar refractivity (Wildman–Crippen MR) is 76.0 cm³/mol. The van der Waals surface area contributed by atoms with Crippen molar-refractivity contribution in [2.24, 2.45) is 0 Å².